The number of nitrogens with two attached hydrogens (primary N) is 1. The summed E-state index contributed by atoms with van der Waals surface area (Å²) in [4.78, 5) is 15.7. The number of alkyl halides is 3. The topological polar surface area (TPSA) is 55.6 Å². The Bertz CT molecular complexity index is 735. The molecule has 4 nitrogen and oxygen atoms in total. The van der Waals surface area contributed by atoms with Gasteiger partial charge < -0.3 is 15.4 Å². The van der Waals surface area contributed by atoms with Crippen molar-refractivity contribution in [3.05, 3.63) is 41.3 Å². The van der Waals surface area contributed by atoms with Gasteiger partial charge in [-0.15, -0.1) is 24.5 Å². The smallest absolute Gasteiger partial charge is 0.406 e. The average Bonchev–Trinajstić information content (AvgIpc) is 3.04. The normalized spacial score (nSPS) is 16.1. The Hall–Kier alpha value is -2.06. The third-order valence-corrected chi connectivity index (χ3v) is 5.14. The van der Waals surface area contributed by atoms with Crippen molar-refractivity contribution in [1.82, 2.24) is 4.90 Å². The molecule has 0 saturated carbocycles. The summed E-state index contributed by atoms with van der Waals surface area (Å²) in [7, 11) is 0. The number of carbonyl (C=O) groups is 1. The highest BCUT2D eigenvalue weighted by molar-refractivity contribution is 7.17. The van der Waals surface area contributed by atoms with Gasteiger partial charge in [-0.3, -0.25) is 4.79 Å². The molecule has 2 aromatic rings. The molecule has 1 amide bonds. The highest BCUT2D eigenvalue weighted by Gasteiger charge is 2.31. The van der Waals surface area contributed by atoms with Crippen molar-refractivity contribution in [3.8, 4) is 16.2 Å². The first-order valence-corrected chi connectivity index (χ1v) is 8.64. The Kier molecular flexibility index (Phi) is 5.01. The van der Waals surface area contributed by atoms with Crippen LogP contribution < -0.4 is 10.5 Å². The third kappa shape index (κ3) is 4.52. The first-order chi connectivity index (χ1) is 11.8. The van der Waals surface area contributed by atoms with E-state index in [0.717, 1.165) is 23.3 Å². The first-order valence-electron chi connectivity index (χ1n) is 7.83. The van der Waals surface area contributed by atoms with Gasteiger partial charge in [-0.25, -0.2) is 0 Å². The number of nitrogens with zero attached hydrogens (tertiary/aromatic N) is 1. The van der Waals surface area contributed by atoms with Crippen molar-refractivity contribution in [2.45, 2.75) is 25.2 Å². The number of piperidine rings is 1. The molecular formula is C17H17F3N2O2S. The second kappa shape index (κ2) is 7.05. The van der Waals surface area contributed by atoms with Crippen LogP contribution in [0.4, 0.5) is 13.2 Å². The second-order valence-corrected chi connectivity index (χ2v) is 6.95. The Balaban J connectivity index is 1.69. The van der Waals surface area contributed by atoms with Gasteiger partial charge in [0.1, 0.15) is 5.75 Å². The van der Waals surface area contributed by atoms with E-state index in [0.29, 0.717) is 18.0 Å². The molecule has 1 aromatic heterocycles. The maximum Gasteiger partial charge on any atom is 0.573 e. The summed E-state index contributed by atoms with van der Waals surface area (Å²) in [5.41, 5.74) is 6.59. The van der Waals surface area contributed by atoms with Crippen LogP contribution in [0.2, 0.25) is 0 Å². The van der Waals surface area contributed by atoms with Crippen molar-refractivity contribution in [3.63, 3.8) is 0 Å². The summed E-state index contributed by atoms with van der Waals surface area (Å²) in [5.74, 6) is -0.297. The van der Waals surface area contributed by atoms with Gasteiger partial charge in [-0.2, -0.15) is 0 Å². The maximum atomic E-state index is 12.5. The highest BCUT2D eigenvalue weighted by Crippen LogP contribution is 2.31. The molecule has 0 bridgehead atoms. The lowest BCUT2D eigenvalue weighted by Crippen LogP contribution is -2.42. The molecule has 1 fully saturated rings. The van der Waals surface area contributed by atoms with Gasteiger partial charge >= 0.3 is 6.36 Å². The van der Waals surface area contributed by atoms with E-state index in [1.54, 1.807) is 29.2 Å². The van der Waals surface area contributed by atoms with E-state index in [4.69, 9.17) is 5.73 Å². The molecule has 0 aliphatic carbocycles. The molecule has 134 valence electrons. The van der Waals surface area contributed by atoms with Crippen molar-refractivity contribution in [2.75, 3.05) is 13.1 Å². The predicted molar refractivity (Wildman–Crippen MR) is 89.6 cm³/mol. The van der Waals surface area contributed by atoms with Gasteiger partial charge in [0.05, 0.1) is 4.88 Å². The molecule has 0 atom stereocenters. The minimum absolute atomic E-state index is 0.0276. The minimum atomic E-state index is -4.71. The molecule has 0 unspecified atom stereocenters. The lowest BCUT2D eigenvalue weighted by atomic mass is 10.1. The molecule has 0 radical (unpaired) electrons. The van der Waals surface area contributed by atoms with Crippen LogP contribution in [0.1, 0.15) is 22.5 Å². The Morgan fingerprint density at radius 2 is 1.76 bits per heavy atom. The lowest BCUT2D eigenvalue weighted by Gasteiger charge is -2.29. The lowest BCUT2D eigenvalue weighted by molar-refractivity contribution is -0.274. The molecule has 1 aliphatic heterocycles. The van der Waals surface area contributed by atoms with E-state index in [1.165, 1.54) is 23.5 Å². The van der Waals surface area contributed by atoms with Crippen molar-refractivity contribution in [2.24, 2.45) is 5.73 Å². The van der Waals surface area contributed by atoms with Crippen LogP contribution in [0, 0.1) is 0 Å². The van der Waals surface area contributed by atoms with Gasteiger partial charge in [-0.05, 0) is 54.8 Å². The number of ether oxygens (including phenoxy) is 1. The molecule has 2 N–H and O–H groups in total. The summed E-state index contributed by atoms with van der Waals surface area (Å²) >= 11 is 1.32. The van der Waals surface area contributed by atoms with E-state index in [1.807, 2.05) is 0 Å². The van der Waals surface area contributed by atoms with Gasteiger partial charge in [0, 0.05) is 24.0 Å². The summed E-state index contributed by atoms with van der Waals surface area (Å²) in [6.45, 7) is 1.30. The average molecular weight is 370 g/mol. The van der Waals surface area contributed by atoms with Crippen LogP contribution in [-0.4, -0.2) is 36.3 Å². The Labute approximate surface area is 147 Å². The number of likely N-dealkylation sites (tertiary alicyclic amines) is 1. The maximum absolute atomic E-state index is 12.5. The summed E-state index contributed by atoms with van der Waals surface area (Å²) in [6, 6.07) is 9.30. The Morgan fingerprint density at radius 1 is 1.12 bits per heavy atom. The number of hydrogen-bond acceptors (Lipinski definition) is 4. The SMILES string of the molecule is NC1CCN(C(=O)c2ccc(-c3ccc(OC(F)(F)F)cc3)s2)CC1. The van der Waals surface area contributed by atoms with Crippen molar-refractivity contribution >= 4 is 17.2 Å². The summed E-state index contributed by atoms with van der Waals surface area (Å²) < 4.78 is 40.4. The fourth-order valence-corrected chi connectivity index (χ4v) is 3.67. The van der Waals surface area contributed by atoms with Crippen LogP contribution in [0.25, 0.3) is 10.4 Å². The molecule has 8 heteroatoms. The number of rotatable bonds is 3. The van der Waals surface area contributed by atoms with Gasteiger partial charge in [0.2, 0.25) is 0 Å². The highest BCUT2D eigenvalue weighted by atomic mass is 32.1. The Morgan fingerprint density at radius 3 is 2.36 bits per heavy atom. The third-order valence-electron chi connectivity index (χ3n) is 4.02. The number of hydrogen-bond donors (Lipinski definition) is 1. The zero-order valence-electron chi connectivity index (χ0n) is 13.3. The van der Waals surface area contributed by atoms with Gasteiger partial charge in [0.25, 0.3) is 5.91 Å². The molecule has 1 aliphatic rings. The van der Waals surface area contributed by atoms with E-state index in [2.05, 4.69) is 4.74 Å². The van der Waals surface area contributed by atoms with Gasteiger partial charge in [0.15, 0.2) is 0 Å². The van der Waals surface area contributed by atoms with Crippen LogP contribution in [0.15, 0.2) is 36.4 Å². The molecule has 1 saturated heterocycles. The zero-order valence-corrected chi connectivity index (χ0v) is 14.1. The fraction of sp³-hybridized carbons (Fsp3) is 0.353. The molecule has 1 aromatic carbocycles. The van der Waals surface area contributed by atoms with Crippen LogP contribution in [0.5, 0.6) is 5.75 Å². The second-order valence-electron chi connectivity index (χ2n) is 5.87. The predicted octanol–water partition coefficient (Wildman–Crippen LogP) is 3.88. The van der Waals surface area contributed by atoms with Gasteiger partial charge in [-0.1, -0.05) is 0 Å². The molecule has 25 heavy (non-hydrogen) atoms. The van der Waals surface area contributed by atoms with Crippen LogP contribution in [-0.2, 0) is 0 Å². The fourth-order valence-electron chi connectivity index (χ4n) is 2.69. The van der Waals surface area contributed by atoms with Crippen LogP contribution >= 0.6 is 11.3 Å². The van der Waals surface area contributed by atoms with E-state index in [-0.39, 0.29) is 17.7 Å². The number of benzene rings is 1. The summed E-state index contributed by atoms with van der Waals surface area (Å²) in [5, 5.41) is 0. The molecule has 3 rings (SSSR count). The van der Waals surface area contributed by atoms with E-state index < -0.39 is 6.36 Å². The molecular weight excluding hydrogens is 353 g/mol. The molecule has 0 spiro atoms. The van der Waals surface area contributed by atoms with E-state index in [9.17, 15) is 18.0 Å². The standard InChI is InChI=1S/C17H17F3N2O2S/c18-17(19,20)24-13-3-1-11(2-4-13)14-5-6-15(25-14)16(23)22-9-7-12(21)8-10-22/h1-6,12H,7-10,21H2. The first kappa shape index (κ1) is 17.8. The number of carbonyl (C=O) groups excluding carboxylic acids is 1. The monoisotopic (exact) mass is 370 g/mol. The number of amides is 1. The summed E-state index contributed by atoms with van der Waals surface area (Å²) in [6.07, 6.45) is -3.11. The van der Waals surface area contributed by atoms with Crippen LogP contribution in [0.3, 0.4) is 0 Å². The number of thiophene rings is 1. The quantitative estimate of drug-likeness (QED) is 0.892. The largest absolute Gasteiger partial charge is 0.573 e. The van der Waals surface area contributed by atoms with Crippen molar-refractivity contribution in [1.29, 1.82) is 0 Å². The zero-order chi connectivity index (χ0) is 18.0. The molecule has 2 heterocycles. The van der Waals surface area contributed by atoms with Crippen molar-refractivity contribution < 1.29 is 22.7 Å². The van der Waals surface area contributed by atoms with E-state index >= 15 is 0 Å². The minimum Gasteiger partial charge on any atom is -0.406 e. The number of halogens is 3.